The molecule has 2 N–H and O–H groups in total. The van der Waals surface area contributed by atoms with Crippen LogP contribution in [0.1, 0.15) is 44.2 Å². The largest absolute Gasteiger partial charge is 0.416 e. The number of H-pyrrole nitrogens is 1. The Morgan fingerprint density at radius 1 is 1.05 bits per heavy atom. The van der Waals surface area contributed by atoms with Crippen LogP contribution in [-0.2, 0) is 17.4 Å². The van der Waals surface area contributed by atoms with E-state index in [2.05, 4.69) is 51.0 Å². The number of likely N-dealkylation sites (tertiary alicyclic amines) is 1. The molecule has 0 unspecified atom stereocenters. The number of nitrogens with zero attached hydrogens (tertiary/aromatic N) is 3. The van der Waals surface area contributed by atoms with Crippen molar-refractivity contribution in [2.45, 2.75) is 57.8 Å². The molecule has 6 nitrogen and oxygen atoms in total. The molecule has 0 spiro atoms. The van der Waals surface area contributed by atoms with E-state index < -0.39 is 11.7 Å². The van der Waals surface area contributed by atoms with Crippen molar-refractivity contribution in [3.63, 3.8) is 0 Å². The average Bonchev–Trinajstić information content (AvgIpc) is 3.38. The maximum Gasteiger partial charge on any atom is 0.416 e. The van der Waals surface area contributed by atoms with E-state index in [0.717, 1.165) is 57.0 Å². The van der Waals surface area contributed by atoms with E-state index in [0.29, 0.717) is 49.7 Å². The van der Waals surface area contributed by atoms with Crippen molar-refractivity contribution in [1.82, 2.24) is 20.1 Å². The lowest BCUT2D eigenvalue weighted by molar-refractivity contribution is -0.137. The first-order chi connectivity index (χ1) is 19.7. The molecule has 222 valence electrons. The molecule has 2 atom stereocenters. The fourth-order valence-electron chi connectivity index (χ4n) is 6.55. The molecule has 41 heavy (non-hydrogen) atoms. The number of carbonyl (C=O) groups excluding carboxylic acids is 1. The van der Waals surface area contributed by atoms with E-state index in [9.17, 15) is 18.0 Å². The summed E-state index contributed by atoms with van der Waals surface area (Å²) < 4.78 is 39.7. The van der Waals surface area contributed by atoms with Crippen molar-refractivity contribution in [2.75, 3.05) is 50.7 Å². The molecule has 0 saturated carbocycles. The van der Waals surface area contributed by atoms with Crippen molar-refractivity contribution in [1.29, 1.82) is 0 Å². The predicted molar refractivity (Wildman–Crippen MR) is 158 cm³/mol. The zero-order chi connectivity index (χ0) is 29.0. The van der Waals surface area contributed by atoms with Gasteiger partial charge in [0.1, 0.15) is 0 Å². The minimum absolute atomic E-state index is 0.0969. The van der Waals surface area contributed by atoms with Gasteiger partial charge in [0.25, 0.3) is 0 Å². The number of para-hydroxylation sites is 1. The summed E-state index contributed by atoms with van der Waals surface area (Å²) in [6, 6.07) is 14.7. The second kappa shape index (κ2) is 12.9. The van der Waals surface area contributed by atoms with Gasteiger partial charge >= 0.3 is 6.18 Å². The first kappa shape index (κ1) is 29.5. The maximum absolute atomic E-state index is 13.2. The summed E-state index contributed by atoms with van der Waals surface area (Å²) in [5, 5.41) is 4.33. The first-order valence-corrected chi connectivity index (χ1v) is 14.9. The van der Waals surface area contributed by atoms with Crippen LogP contribution in [0.15, 0.2) is 54.7 Å². The van der Waals surface area contributed by atoms with E-state index in [1.807, 2.05) is 18.3 Å². The fourth-order valence-corrected chi connectivity index (χ4v) is 6.55. The normalized spacial score (nSPS) is 21.1. The minimum atomic E-state index is -4.34. The smallest absolute Gasteiger partial charge is 0.369 e. The Hall–Kier alpha value is -3.04. The average molecular weight is 570 g/mol. The van der Waals surface area contributed by atoms with Crippen LogP contribution in [0.5, 0.6) is 0 Å². The highest BCUT2D eigenvalue weighted by Gasteiger charge is 2.36. The quantitative estimate of drug-likeness (QED) is 0.355. The number of alkyl halides is 3. The lowest BCUT2D eigenvalue weighted by atomic mass is 9.86. The van der Waals surface area contributed by atoms with Crippen LogP contribution in [0.4, 0.5) is 18.9 Å². The molecule has 0 radical (unpaired) electrons. The summed E-state index contributed by atoms with van der Waals surface area (Å²) in [7, 11) is 0. The van der Waals surface area contributed by atoms with Crippen LogP contribution >= 0.6 is 0 Å². The first-order valence-electron chi connectivity index (χ1n) is 14.9. The summed E-state index contributed by atoms with van der Waals surface area (Å²) in [5.74, 6) is 0.477. The molecule has 2 saturated heterocycles. The number of aromatic nitrogens is 1. The van der Waals surface area contributed by atoms with E-state index in [4.69, 9.17) is 0 Å². The molecule has 1 aromatic heterocycles. The Bertz CT molecular complexity index is 1300. The van der Waals surface area contributed by atoms with Crippen molar-refractivity contribution < 1.29 is 18.0 Å². The number of benzene rings is 2. The lowest BCUT2D eigenvalue weighted by Gasteiger charge is -2.48. The number of halogens is 3. The molecule has 2 aromatic carbocycles. The Kier molecular flexibility index (Phi) is 9.24. The topological polar surface area (TPSA) is 54.6 Å². The van der Waals surface area contributed by atoms with E-state index >= 15 is 0 Å². The van der Waals surface area contributed by atoms with Gasteiger partial charge in [0, 0.05) is 80.6 Å². The van der Waals surface area contributed by atoms with E-state index in [-0.39, 0.29) is 5.91 Å². The molecule has 2 aliphatic heterocycles. The van der Waals surface area contributed by atoms with Crippen LogP contribution in [0, 0.1) is 5.92 Å². The molecular formula is C32H42F3N5O. The second-order valence-electron chi connectivity index (χ2n) is 11.8. The van der Waals surface area contributed by atoms with Gasteiger partial charge in [-0.3, -0.25) is 9.69 Å². The Morgan fingerprint density at radius 3 is 2.59 bits per heavy atom. The predicted octanol–water partition coefficient (Wildman–Crippen LogP) is 5.55. The SMILES string of the molecule is CC(C)N1CC[C@H](N2CCN(c3cccc(C(F)(F)F)c3)CC2)[C@H](CCC(=O)NCCc2c[nH]c3ccccc23)C1. The van der Waals surface area contributed by atoms with Crippen molar-refractivity contribution in [3.05, 3.63) is 65.9 Å². The molecule has 9 heteroatoms. The number of hydrogen-bond acceptors (Lipinski definition) is 4. The van der Waals surface area contributed by atoms with Crippen LogP contribution in [0.25, 0.3) is 10.9 Å². The van der Waals surface area contributed by atoms with Crippen LogP contribution in [-0.4, -0.2) is 78.6 Å². The third-order valence-electron chi connectivity index (χ3n) is 8.91. The number of carbonyl (C=O) groups is 1. The van der Waals surface area contributed by atoms with E-state index in [1.165, 1.54) is 23.1 Å². The highest BCUT2D eigenvalue weighted by Crippen LogP contribution is 2.33. The van der Waals surface area contributed by atoms with Gasteiger partial charge in [-0.1, -0.05) is 24.3 Å². The fraction of sp³-hybridized carbons (Fsp3) is 0.531. The summed E-state index contributed by atoms with van der Waals surface area (Å²) in [5.41, 5.74) is 2.36. The van der Waals surface area contributed by atoms with Crippen molar-refractivity contribution in [2.24, 2.45) is 5.92 Å². The summed E-state index contributed by atoms with van der Waals surface area (Å²) in [6.07, 6.45) is 0.869. The highest BCUT2D eigenvalue weighted by atomic mass is 19.4. The molecule has 3 aromatic rings. The zero-order valence-corrected chi connectivity index (χ0v) is 24.1. The Balaban J connectivity index is 1.14. The number of aromatic amines is 1. The molecule has 5 rings (SSSR count). The number of hydrogen-bond donors (Lipinski definition) is 2. The molecular weight excluding hydrogens is 527 g/mol. The molecule has 0 bridgehead atoms. The molecule has 0 aliphatic carbocycles. The number of nitrogens with one attached hydrogen (secondary N) is 2. The number of fused-ring (bicyclic) bond motifs is 1. The third kappa shape index (κ3) is 7.25. The van der Waals surface area contributed by atoms with Gasteiger partial charge in [-0.15, -0.1) is 0 Å². The zero-order valence-electron chi connectivity index (χ0n) is 24.1. The third-order valence-corrected chi connectivity index (χ3v) is 8.91. The van der Waals surface area contributed by atoms with Gasteiger partial charge in [-0.25, -0.2) is 0 Å². The Labute approximate surface area is 240 Å². The lowest BCUT2D eigenvalue weighted by Crippen LogP contribution is -2.57. The monoisotopic (exact) mass is 569 g/mol. The van der Waals surface area contributed by atoms with Gasteiger partial charge in [0.15, 0.2) is 0 Å². The number of amides is 1. The maximum atomic E-state index is 13.2. The van der Waals surface area contributed by atoms with Crippen molar-refractivity contribution >= 4 is 22.5 Å². The Morgan fingerprint density at radius 2 is 1.83 bits per heavy atom. The van der Waals surface area contributed by atoms with Gasteiger partial charge in [0.05, 0.1) is 5.56 Å². The van der Waals surface area contributed by atoms with Gasteiger partial charge < -0.3 is 20.1 Å². The number of piperidine rings is 1. The van der Waals surface area contributed by atoms with Crippen LogP contribution in [0.2, 0.25) is 0 Å². The molecule has 2 fully saturated rings. The second-order valence-corrected chi connectivity index (χ2v) is 11.8. The van der Waals surface area contributed by atoms with Crippen LogP contribution < -0.4 is 10.2 Å². The van der Waals surface area contributed by atoms with E-state index in [1.54, 1.807) is 6.07 Å². The molecule has 1 amide bonds. The number of rotatable bonds is 9. The number of anilines is 1. The summed E-state index contributed by atoms with van der Waals surface area (Å²) in [6.45, 7) is 10.1. The molecule has 2 aliphatic rings. The molecule has 3 heterocycles. The summed E-state index contributed by atoms with van der Waals surface area (Å²) >= 11 is 0. The van der Waals surface area contributed by atoms with Gasteiger partial charge in [0.2, 0.25) is 5.91 Å². The summed E-state index contributed by atoms with van der Waals surface area (Å²) in [4.78, 5) is 23.2. The van der Waals surface area contributed by atoms with Gasteiger partial charge in [-0.05, 0) is 75.4 Å². The minimum Gasteiger partial charge on any atom is -0.369 e. The standard InChI is InChI=1S/C32H42F3N5O/c1-23(2)40-15-13-30(39-18-16-38(17-19-39)27-7-5-6-26(20-27)32(33,34)35)25(22-40)10-11-31(41)36-14-12-24-21-37-29-9-4-3-8-28(24)29/h3-9,20-21,23,25,30,37H,10-19,22H2,1-2H3,(H,36,41)/t25-,30+/m1/s1. The van der Waals surface area contributed by atoms with Gasteiger partial charge in [-0.2, -0.15) is 13.2 Å². The van der Waals surface area contributed by atoms with Crippen LogP contribution in [0.3, 0.4) is 0 Å². The number of piperazine rings is 1. The van der Waals surface area contributed by atoms with Crippen molar-refractivity contribution in [3.8, 4) is 0 Å². The highest BCUT2D eigenvalue weighted by molar-refractivity contribution is 5.83.